The first kappa shape index (κ1) is 29.3. The Hall–Kier alpha value is -6.85. The lowest BCUT2D eigenvalue weighted by Gasteiger charge is -2.16. The van der Waals surface area contributed by atoms with Crippen LogP contribution in [-0.4, -0.2) is 24.9 Å². The summed E-state index contributed by atoms with van der Waals surface area (Å²) >= 11 is 0. The molecule has 0 spiro atoms. The van der Waals surface area contributed by atoms with Crippen molar-refractivity contribution >= 4 is 21.8 Å². The van der Waals surface area contributed by atoms with Gasteiger partial charge in [0.2, 0.25) is 0 Å². The summed E-state index contributed by atoms with van der Waals surface area (Å²) in [6, 6.07) is 59.8. The fourth-order valence-corrected chi connectivity index (χ4v) is 6.46. The highest BCUT2D eigenvalue weighted by molar-refractivity contribution is 6.10. The van der Waals surface area contributed by atoms with Gasteiger partial charge in [0.25, 0.3) is 0 Å². The van der Waals surface area contributed by atoms with Crippen LogP contribution in [0.4, 0.5) is 0 Å². The van der Waals surface area contributed by atoms with Crippen LogP contribution in [0.15, 0.2) is 176 Å². The minimum atomic E-state index is 0.602. The molecule has 0 aliphatic carbocycles. The predicted octanol–water partition coefficient (Wildman–Crippen LogP) is 11.0. The monoisotopic (exact) mass is 639 g/mol. The second kappa shape index (κ2) is 12.6. The van der Waals surface area contributed by atoms with Gasteiger partial charge in [-0.2, -0.15) is 0 Å². The van der Waals surface area contributed by atoms with Crippen LogP contribution in [0.25, 0.3) is 89.6 Å². The standard InChI is InChI=1S/C45H29N5/c1-5-15-30(16-6-1)39-28-26-32-25-27-36-38(29-40(31-17-7-2-8-18-31)47-42(36)41(32)46-39)35-23-13-14-24-37(35)45-49-43(33-19-9-3-10-20-33)48-44(50-45)34-21-11-4-12-22-34/h1-29H. The molecule has 0 bridgehead atoms. The smallest absolute Gasteiger partial charge is 0.164 e. The maximum atomic E-state index is 5.30. The van der Waals surface area contributed by atoms with E-state index in [1.54, 1.807) is 0 Å². The Morgan fingerprint density at radius 2 is 0.740 bits per heavy atom. The number of hydrogen-bond donors (Lipinski definition) is 0. The van der Waals surface area contributed by atoms with Gasteiger partial charge in [0.1, 0.15) is 0 Å². The first-order valence-electron chi connectivity index (χ1n) is 16.6. The number of benzene rings is 6. The van der Waals surface area contributed by atoms with Gasteiger partial charge in [-0.3, -0.25) is 0 Å². The molecule has 0 saturated carbocycles. The van der Waals surface area contributed by atoms with E-state index in [0.29, 0.717) is 17.5 Å². The van der Waals surface area contributed by atoms with E-state index in [2.05, 4.69) is 72.8 Å². The molecule has 0 aliphatic rings. The van der Waals surface area contributed by atoms with Crippen LogP contribution < -0.4 is 0 Å². The number of pyridine rings is 2. The zero-order valence-electron chi connectivity index (χ0n) is 27.0. The van der Waals surface area contributed by atoms with E-state index < -0.39 is 0 Å². The zero-order chi connectivity index (χ0) is 33.3. The molecule has 0 aliphatic heterocycles. The maximum Gasteiger partial charge on any atom is 0.164 e. The third-order valence-corrected chi connectivity index (χ3v) is 8.94. The third kappa shape index (κ3) is 5.47. The molecule has 9 aromatic rings. The summed E-state index contributed by atoms with van der Waals surface area (Å²) in [7, 11) is 0. The predicted molar refractivity (Wildman–Crippen MR) is 203 cm³/mol. The third-order valence-electron chi connectivity index (χ3n) is 8.94. The highest BCUT2D eigenvalue weighted by Crippen LogP contribution is 2.40. The Morgan fingerprint density at radius 1 is 0.280 bits per heavy atom. The summed E-state index contributed by atoms with van der Waals surface area (Å²) in [6.45, 7) is 0. The van der Waals surface area contributed by atoms with Crippen molar-refractivity contribution in [2.75, 3.05) is 0 Å². The molecule has 9 rings (SSSR count). The molecule has 6 aromatic carbocycles. The lowest BCUT2D eigenvalue weighted by atomic mass is 9.93. The Morgan fingerprint density at radius 3 is 1.34 bits per heavy atom. The minimum absolute atomic E-state index is 0.602. The quantitative estimate of drug-likeness (QED) is 0.169. The number of fused-ring (bicyclic) bond motifs is 3. The van der Waals surface area contributed by atoms with Crippen molar-refractivity contribution in [1.29, 1.82) is 0 Å². The largest absolute Gasteiger partial charge is 0.245 e. The van der Waals surface area contributed by atoms with Gasteiger partial charge in [-0.25, -0.2) is 24.9 Å². The molecule has 3 aromatic heterocycles. The van der Waals surface area contributed by atoms with Gasteiger partial charge in [-0.1, -0.05) is 164 Å². The van der Waals surface area contributed by atoms with Crippen molar-refractivity contribution in [3.05, 3.63) is 176 Å². The molecule has 0 unspecified atom stereocenters. The number of aromatic nitrogens is 5. The second-order valence-electron chi connectivity index (χ2n) is 12.1. The van der Waals surface area contributed by atoms with Gasteiger partial charge >= 0.3 is 0 Å². The van der Waals surface area contributed by atoms with Crippen molar-refractivity contribution in [3.8, 4) is 67.8 Å². The first-order valence-corrected chi connectivity index (χ1v) is 16.6. The Bertz CT molecular complexity index is 2570. The molecule has 0 amide bonds. The molecular weight excluding hydrogens is 611 g/mol. The molecule has 50 heavy (non-hydrogen) atoms. The molecule has 0 N–H and O–H groups in total. The van der Waals surface area contributed by atoms with Crippen LogP contribution in [0, 0.1) is 0 Å². The Kier molecular flexibility index (Phi) is 7.41. The van der Waals surface area contributed by atoms with Gasteiger partial charge in [0.15, 0.2) is 17.5 Å². The van der Waals surface area contributed by atoms with Gasteiger partial charge in [-0.05, 0) is 23.3 Å². The van der Waals surface area contributed by atoms with Crippen LogP contribution in [0.5, 0.6) is 0 Å². The van der Waals surface area contributed by atoms with Crippen molar-refractivity contribution in [2.24, 2.45) is 0 Å². The van der Waals surface area contributed by atoms with E-state index >= 15 is 0 Å². The minimum Gasteiger partial charge on any atom is -0.245 e. The number of hydrogen-bond acceptors (Lipinski definition) is 5. The van der Waals surface area contributed by atoms with Crippen molar-refractivity contribution in [1.82, 2.24) is 24.9 Å². The van der Waals surface area contributed by atoms with Gasteiger partial charge in [-0.15, -0.1) is 0 Å². The molecular formula is C45H29N5. The van der Waals surface area contributed by atoms with E-state index in [9.17, 15) is 0 Å². The molecule has 3 heterocycles. The summed E-state index contributed by atoms with van der Waals surface area (Å²) in [5, 5.41) is 2.04. The lowest BCUT2D eigenvalue weighted by Crippen LogP contribution is -2.01. The Balaban J connectivity index is 1.31. The average Bonchev–Trinajstić information content (AvgIpc) is 3.21. The Labute approximate surface area is 289 Å². The van der Waals surface area contributed by atoms with Gasteiger partial charge < -0.3 is 0 Å². The molecule has 0 atom stereocenters. The summed E-state index contributed by atoms with van der Waals surface area (Å²) < 4.78 is 0. The normalized spacial score (nSPS) is 11.2. The second-order valence-corrected chi connectivity index (χ2v) is 12.1. The van der Waals surface area contributed by atoms with E-state index in [1.807, 2.05) is 103 Å². The molecule has 0 saturated heterocycles. The summed E-state index contributed by atoms with van der Waals surface area (Å²) in [4.78, 5) is 25.6. The van der Waals surface area contributed by atoms with Crippen LogP contribution in [-0.2, 0) is 0 Å². The van der Waals surface area contributed by atoms with Gasteiger partial charge in [0, 0.05) is 38.6 Å². The topological polar surface area (TPSA) is 64.5 Å². The fourth-order valence-electron chi connectivity index (χ4n) is 6.46. The van der Waals surface area contributed by atoms with E-state index in [1.165, 1.54) is 0 Å². The van der Waals surface area contributed by atoms with Crippen LogP contribution in [0.2, 0.25) is 0 Å². The average molecular weight is 640 g/mol. The van der Waals surface area contributed by atoms with Crippen molar-refractivity contribution < 1.29 is 0 Å². The highest BCUT2D eigenvalue weighted by atomic mass is 15.0. The van der Waals surface area contributed by atoms with Crippen LogP contribution in [0.1, 0.15) is 0 Å². The zero-order valence-corrected chi connectivity index (χ0v) is 27.0. The summed E-state index contributed by atoms with van der Waals surface area (Å²) in [5.41, 5.74) is 10.4. The molecule has 0 radical (unpaired) electrons. The fraction of sp³-hybridized carbons (Fsp3) is 0. The van der Waals surface area contributed by atoms with Crippen molar-refractivity contribution in [2.45, 2.75) is 0 Å². The first-order chi connectivity index (χ1) is 24.8. The van der Waals surface area contributed by atoms with E-state index in [0.717, 1.165) is 72.1 Å². The SMILES string of the molecule is c1ccc(-c2ccc3ccc4c(-c5ccccc5-c5nc(-c6ccccc6)nc(-c6ccccc6)n5)cc(-c5ccccc5)nc4c3n2)cc1. The van der Waals surface area contributed by atoms with Crippen LogP contribution in [0.3, 0.4) is 0 Å². The molecule has 5 nitrogen and oxygen atoms in total. The van der Waals surface area contributed by atoms with E-state index in [4.69, 9.17) is 24.9 Å². The molecule has 234 valence electrons. The van der Waals surface area contributed by atoms with Crippen LogP contribution >= 0.6 is 0 Å². The molecule has 5 heteroatoms. The summed E-state index contributed by atoms with van der Waals surface area (Å²) in [5.74, 6) is 1.85. The van der Waals surface area contributed by atoms with Crippen molar-refractivity contribution in [3.63, 3.8) is 0 Å². The number of rotatable bonds is 6. The maximum absolute atomic E-state index is 5.30. The van der Waals surface area contributed by atoms with Gasteiger partial charge in [0.05, 0.1) is 22.4 Å². The number of nitrogens with zero attached hydrogens (tertiary/aromatic N) is 5. The van der Waals surface area contributed by atoms with E-state index in [-0.39, 0.29) is 0 Å². The summed E-state index contributed by atoms with van der Waals surface area (Å²) in [6.07, 6.45) is 0. The lowest BCUT2D eigenvalue weighted by molar-refractivity contribution is 1.07. The molecule has 0 fully saturated rings. The highest BCUT2D eigenvalue weighted by Gasteiger charge is 2.19.